The van der Waals surface area contributed by atoms with Crippen molar-refractivity contribution in [2.45, 2.75) is 49.7 Å². The fourth-order valence-corrected chi connectivity index (χ4v) is 4.94. The van der Waals surface area contributed by atoms with E-state index in [1.807, 2.05) is 59.5 Å². The molecule has 3 rings (SSSR count). The molecule has 0 radical (unpaired) electrons. The smallest absolute Gasteiger partial charge is 0.303 e. The summed E-state index contributed by atoms with van der Waals surface area (Å²) in [5, 5.41) is 8.78. The van der Waals surface area contributed by atoms with Crippen molar-refractivity contribution in [1.82, 2.24) is 4.90 Å². The molecule has 2 aromatic rings. The summed E-state index contributed by atoms with van der Waals surface area (Å²) in [4.78, 5) is 25.7. The van der Waals surface area contributed by atoms with Gasteiger partial charge in [-0.25, -0.2) is 0 Å². The second kappa shape index (κ2) is 10.3. The van der Waals surface area contributed by atoms with Gasteiger partial charge < -0.3 is 14.7 Å². The van der Waals surface area contributed by atoms with E-state index in [0.29, 0.717) is 13.0 Å². The molecule has 1 aliphatic heterocycles. The number of ether oxygens (including phenoxy) is 1. The van der Waals surface area contributed by atoms with Crippen molar-refractivity contribution in [3.63, 3.8) is 0 Å². The van der Waals surface area contributed by atoms with Gasteiger partial charge in [0.1, 0.15) is 16.9 Å². The number of nitrogens with zero attached hydrogens (tertiary/aromatic N) is 1. The lowest BCUT2D eigenvalue weighted by Crippen LogP contribution is -2.32. The molecular weight excluding hydrogens is 386 g/mol. The number of carboxylic acid groups (broad SMARTS) is 1. The van der Waals surface area contributed by atoms with E-state index in [0.717, 1.165) is 36.3 Å². The van der Waals surface area contributed by atoms with Crippen LogP contribution in [0.3, 0.4) is 0 Å². The highest BCUT2D eigenvalue weighted by Gasteiger charge is 2.40. The number of rotatable bonds is 10. The van der Waals surface area contributed by atoms with Crippen molar-refractivity contribution in [3.05, 3.63) is 60.2 Å². The summed E-state index contributed by atoms with van der Waals surface area (Å²) >= 11 is 1.67. The van der Waals surface area contributed by atoms with Crippen molar-refractivity contribution in [2.75, 3.05) is 6.54 Å². The molecule has 2 aromatic carbocycles. The Morgan fingerprint density at radius 2 is 1.86 bits per heavy atom. The molecule has 154 valence electrons. The zero-order chi connectivity index (χ0) is 20.6. The molecule has 1 heterocycles. The van der Waals surface area contributed by atoms with Crippen LogP contribution >= 0.6 is 11.8 Å². The molecule has 6 heteroatoms. The van der Waals surface area contributed by atoms with Crippen LogP contribution in [0.5, 0.6) is 11.5 Å². The molecule has 0 aromatic heterocycles. The molecule has 2 atom stereocenters. The van der Waals surface area contributed by atoms with Gasteiger partial charge in [0.25, 0.3) is 0 Å². The summed E-state index contributed by atoms with van der Waals surface area (Å²) in [5.41, 5.74) is 1.01. The molecule has 1 fully saturated rings. The molecule has 1 amide bonds. The number of carboxylic acids is 1. The number of unbranched alkanes of at least 4 members (excludes halogenated alkanes) is 1. The van der Waals surface area contributed by atoms with Gasteiger partial charge in [-0.3, -0.25) is 9.59 Å². The number of hydrogen-bond donors (Lipinski definition) is 1. The Balaban J connectivity index is 1.78. The number of carbonyl (C=O) groups excluding carboxylic acids is 1. The van der Waals surface area contributed by atoms with Crippen molar-refractivity contribution >= 4 is 23.6 Å². The van der Waals surface area contributed by atoms with Crippen LogP contribution in [0.4, 0.5) is 0 Å². The molecule has 5 nitrogen and oxygen atoms in total. The highest BCUT2D eigenvalue weighted by atomic mass is 32.2. The summed E-state index contributed by atoms with van der Waals surface area (Å²) in [6, 6.07) is 17.4. The molecule has 1 N–H and O–H groups in total. The van der Waals surface area contributed by atoms with E-state index in [2.05, 4.69) is 6.92 Å². The third-order valence-corrected chi connectivity index (χ3v) is 6.42. The van der Waals surface area contributed by atoms with Crippen LogP contribution in [0.2, 0.25) is 0 Å². The van der Waals surface area contributed by atoms with E-state index in [9.17, 15) is 9.59 Å². The minimum atomic E-state index is -0.832. The van der Waals surface area contributed by atoms with Crippen molar-refractivity contribution in [3.8, 4) is 11.5 Å². The Labute approximate surface area is 176 Å². The molecule has 2 unspecified atom stereocenters. The average Bonchev–Trinajstić information content (AvgIpc) is 3.03. The first-order valence-electron chi connectivity index (χ1n) is 10.1. The maximum absolute atomic E-state index is 13.0. The van der Waals surface area contributed by atoms with E-state index in [1.165, 1.54) is 0 Å². The Bertz CT molecular complexity index is 827. The van der Waals surface area contributed by atoms with Crippen molar-refractivity contribution < 1.29 is 19.4 Å². The topological polar surface area (TPSA) is 66.8 Å². The molecule has 0 saturated carbocycles. The zero-order valence-corrected chi connectivity index (χ0v) is 17.4. The molecule has 0 spiro atoms. The lowest BCUT2D eigenvalue weighted by molar-refractivity contribution is -0.138. The summed E-state index contributed by atoms with van der Waals surface area (Å²) in [6.07, 6.45) is 3.44. The second-order valence-corrected chi connectivity index (χ2v) is 8.42. The van der Waals surface area contributed by atoms with Gasteiger partial charge in [0.15, 0.2) is 0 Å². The van der Waals surface area contributed by atoms with Gasteiger partial charge in [-0.1, -0.05) is 50.1 Å². The number of hydrogen-bond acceptors (Lipinski definition) is 4. The van der Waals surface area contributed by atoms with Crippen LogP contribution in [-0.4, -0.2) is 33.7 Å². The van der Waals surface area contributed by atoms with Gasteiger partial charge in [-0.05, 0) is 42.7 Å². The minimum absolute atomic E-state index is 0.0662. The SMILES string of the molecule is CCCCC1SC(c2cccc(Oc3ccccc3)c2)N(CCCC(=O)O)C1=O. The Kier molecular flexibility index (Phi) is 7.58. The fraction of sp³-hybridized carbons (Fsp3) is 0.391. The molecule has 0 aliphatic carbocycles. The van der Waals surface area contributed by atoms with Crippen molar-refractivity contribution in [1.29, 1.82) is 0 Å². The number of para-hydroxylation sites is 1. The largest absolute Gasteiger partial charge is 0.481 e. The quantitative estimate of drug-likeness (QED) is 0.559. The number of carbonyl (C=O) groups is 2. The van der Waals surface area contributed by atoms with Crippen LogP contribution in [0.15, 0.2) is 54.6 Å². The first-order chi connectivity index (χ1) is 14.1. The molecule has 1 aliphatic rings. The number of thioether (sulfide) groups is 1. The summed E-state index contributed by atoms with van der Waals surface area (Å²) in [6.45, 7) is 2.58. The van der Waals surface area contributed by atoms with E-state index in [-0.39, 0.29) is 23.0 Å². The average molecular weight is 414 g/mol. The maximum atomic E-state index is 13.0. The lowest BCUT2D eigenvalue weighted by atomic mass is 10.1. The first kappa shape index (κ1) is 21.2. The van der Waals surface area contributed by atoms with Gasteiger partial charge >= 0.3 is 5.97 Å². The van der Waals surface area contributed by atoms with Gasteiger partial charge in [0, 0.05) is 13.0 Å². The van der Waals surface area contributed by atoms with Gasteiger partial charge in [0.05, 0.1) is 5.25 Å². The zero-order valence-electron chi connectivity index (χ0n) is 16.6. The van der Waals surface area contributed by atoms with Crippen LogP contribution in [0, 0.1) is 0 Å². The van der Waals surface area contributed by atoms with Crippen LogP contribution < -0.4 is 4.74 Å². The Morgan fingerprint density at radius 1 is 1.10 bits per heavy atom. The second-order valence-electron chi connectivity index (χ2n) is 7.14. The van der Waals surface area contributed by atoms with E-state index in [4.69, 9.17) is 9.84 Å². The summed E-state index contributed by atoms with van der Waals surface area (Å²) in [7, 11) is 0. The highest BCUT2D eigenvalue weighted by Crippen LogP contribution is 2.45. The minimum Gasteiger partial charge on any atom is -0.481 e. The predicted octanol–water partition coefficient (Wildman–Crippen LogP) is 5.48. The van der Waals surface area contributed by atoms with Crippen molar-refractivity contribution in [2.24, 2.45) is 0 Å². The summed E-state index contributed by atoms with van der Waals surface area (Å²) < 4.78 is 5.95. The normalized spacial score (nSPS) is 18.8. The predicted molar refractivity (Wildman–Crippen MR) is 115 cm³/mol. The number of aliphatic carboxylic acids is 1. The van der Waals surface area contributed by atoms with Crippen LogP contribution in [0.25, 0.3) is 0 Å². The van der Waals surface area contributed by atoms with E-state index < -0.39 is 5.97 Å². The fourth-order valence-electron chi connectivity index (χ4n) is 3.41. The van der Waals surface area contributed by atoms with Gasteiger partial charge in [-0.2, -0.15) is 0 Å². The third-order valence-electron chi connectivity index (χ3n) is 4.87. The monoisotopic (exact) mass is 413 g/mol. The van der Waals surface area contributed by atoms with Crippen LogP contribution in [-0.2, 0) is 9.59 Å². The third kappa shape index (κ3) is 5.76. The highest BCUT2D eigenvalue weighted by molar-refractivity contribution is 8.01. The number of benzene rings is 2. The molecule has 0 bridgehead atoms. The van der Waals surface area contributed by atoms with E-state index in [1.54, 1.807) is 11.8 Å². The van der Waals surface area contributed by atoms with Gasteiger partial charge in [-0.15, -0.1) is 11.8 Å². The number of amides is 1. The van der Waals surface area contributed by atoms with Gasteiger partial charge in [0.2, 0.25) is 5.91 Å². The standard InChI is InChI=1S/C23H27NO4S/c1-2-3-13-20-22(27)24(15-8-14-21(25)26)23(29-20)17-9-7-12-19(16-17)28-18-10-5-4-6-11-18/h4-7,9-12,16,20,23H,2-3,8,13-15H2,1H3,(H,25,26). The lowest BCUT2D eigenvalue weighted by Gasteiger charge is -2.24. The van der Waals surface area contributed by atoms with Crippen LogP contribution in [0.1, 0.15) is 50.0 Å². The summed E-state index contributed by atoms with van der Waals surface area (Å²) in [5.74, 6) is 0.776. The first-order valence-corrected chi connectivity index (χ1v) is 11.0. The Morgan fingerprint density at radius 3 is 2.59 bits per heavy atom. The Hall–Kier alpha value is -2.47. The van der Waals surface area contributed by atoms with E-state index >= 15 is 0 Å². The maximum Gasteiger partial charge on any atom is 0.303 e. The molecule has 29 heavy (non-hydrogen) atoms. The molecule has 1 saturated heterocycles. The molecular formula is C23H27NO4S.